The van der Waals surface area contributed by atoms with Crippen molar-refractivity contribution >= 4 is 28.8 Å². The number of rotatable bonds is 7. The van der Waals surface area contributed by atoms with Gasteiger partial charge in [-0.25, -0.2) is 4.79 Å². The molecule has 0 aromatic heterocycles. The Hall–Kier alpha value is -1.08. The van der Waals surface area contributed by atoms with Gasteiger partial charge in [0.1, 0.15) is 12.1 Å². The molecule has 1 saturated carbocycles. The third kappa shape index (κ3) is 6.36. The van der Waals surface area contributed by atoms with Gasteiger partial charge in [0, 0.05) is 12.7 Å². The molecule has 0 aliphatic heterocycles. The molecule has 0 radical (unpaired) electrons. The number of esters is 1. The van der Waals surface area contributed by atoms with E-state index in [0.717, 1.165) is 37.4 Å². The van der Waals surface area contributed by atoms with Gasteiger partial charge in [0.25, 0.3) is 0 Å². The van der Waals surface area contributed by atoms with E-state index in [1.54, 1.807) is 0 Å². The second-order valence-corrected chi connectivity index (χ2v) is 7.02. The van der Waals surface area contributed by atoms with Crippen LogP contribution < -0.4 is 11.1 Å². The van der Waals surface area contributed by atoms with Crippen LogP contribution in [0.2, 0.25) is 0 Å². The van der Waals surface area contributed by atoms with E-state index in [-0.39, 0.29) is 28.8 Å². The van der Waals surface area contributed by atoms with E-state index >= 15 is 0 Å². The summed E-state index contributed by atoms with van der Waals surface area (Å²) >= 11 is 0.970. The largest absolute Gasteiger partial charge is 0.461 e. The molecule has 22 heavy (non-hydrogen) atoms. The Morgan fingerprint density at radius 2 is 1.86 bits per heavy atom. The van der Waals surface area contributed by atoms with Gasteiger partial charge in [-0.2, -0.15) is 0 Å². The van der Waals surface area contributed by atoms with Gasteiger partial charge in [-0.1, -0.05) is 25.6 Å². The van der Waals surface area contributed by atoms with E-state index in [0.29, 0.717) is 0 Å². The molecular formula is C15H26N2O4S. The van der Waals surface area contributed by atoms with Crippen LogP contribution in [0.15, 0.2) is 0 Å². The number of hydrogen-bond acceptors (Lipinski definition) is 6. The zero-order chi connectivity index (χ0) is 16.7. The zero-order valence-corrected chi connectivity index (χ0v) is 14.3. The van der Waals surface area contributed by atoms with Crippen molar-refractivity contribution in [2.45, 2.75) is 64.6 Å². The first-order valence-corrected chi connectivity index (χ1v) is 8.69. The van der Waals surface area contributed by atoms with Crippen molar-refractivity contribution in [2.24, 2.45) is 11.7 Å². The van der Waals surface area contributed by atoms with Crippen molar-refractivity contribution in [1.82, 2.24) is 5.32 Å². The first-order valence-electron chi connectivity index (χ1n) is 7.71. The predicted molar refractivity (Wildman–Crippen MR) is 86.2 cm³/mol. The Kier molecular flexibility index (Phi) is 7.89. The van der Waals surface area contributed by atoms with Gasteiger partial charge in [0.05, 0.1) is 6.04 Å². The predicted octanol–water partition coefficient (Wildman–Crippen LogP) is 1.22. The van der Waals surface area contributed by atoms with Crippen molar-refractivity contribution in [2.75, 3.05) is 5.75 Å². The van der Waals surface area contributed by atoms with Crippen LogP contribution in [0.5, 0.6) is 0 Å². The van der Waals surface area contributed by atoms with Crippen LogP contribution in [0.3, 0.4) is 0 Å². The fourth-order valence-corrected chi connectivity index (χ4v) is 3.22. The number of nitrogens with two attached hydrogens (primary N) is 1. The summed E-state index contributed by atoms with van der Waals surface area (Å²) in [7, 11) is 0. The Bertz CT molecular complexity index is 408. The van der Waals surface area contributed by atoms with Crippen LogP contribution in [0.1, 0.15) is 46.5 Å². The summed E-state index contributed by atoms with van der Waals surface area (Å²) in [5, 5.41) is 2.37. The SMILES string of the molecule is CC(=O)N[C@@H](CSC(=O)[C@@H](N)C(C)C)C(=O)OC1CCCC1. The van der Waals surface area contributed by atoms with Crippen molar-refractivity contribution in [3.8, 4) is 0 Å². The van der Waals surface area contributed by atoms with Crippen molar-refractivity contribution in [1.29, 1.82) is 0 Å². The van der Waals surface area contributed by atoms with Gasteiger partial charge in [-0.3, -0.25) is 9.59 Å². The molecule has 2 atom stereocenters. The summed E-state index contributed by atoms with van der Waals surface area (Å²) in [6.07, 6.45) is 3.77. The lowest BCUT2D eigenvalue weighted by Crippen LogP contribution is -2.44. The number of hydrogen-bond donors (Lipinski definition) is 2. The van der Waals surface area contributed by atoms with E-state index in [2.05, 4.69) is 5.32 Å². The highest BCUT2D eigenvalue weighted by atomic mass is 32.2. The number of nitrogens with one attached hydrogen (secondary N) is 1. The van der Waals surface area contributed by atoms with Gasteiger partial charge in [0.2, 0.25) is 11.0 Å². The van der Waals surface area contributed by atoms with Crippen molar-refractivity contribution in [3.05, 3.63) is 0 Å². The summed E-state index contributed by atoms with van der Waals surface area (Å²) in [4.78, 5) is 35.3. The van der Waals surface area contributed by atoms with Gasteiger partial charge < -0.3 is 15.8 Å². The molecule has 0 heterocycles. The molecule has 7 heteroatoms. The lowest BCUT2D eigenvalue weighted by molar-refractivity contribution is -0.151. The molecule has 1 amide bonds. The van der Waals surface area contributed by atoms with Crippen molar-refractivity contribution < 1.29 is 19.1 Å². The maximum absolute atomic E-state index is 12.2. The Morgan fingerprint density at radius 3 is 2.36 bits per heavy atom. The van der Waals surface area contributed by atoms with Gasteiger partial charge in [-0.05, 0) is 31.6 Å². The Balaban J connectivity index is 2.53. The van der Waals surface area contributed by atoms with E-state index < -0.39 is 18.1 Å². The number of amides is 1. The summed E-state index contributed by atoms with van der Waals surface area (Å²) in [6, 6.07) is -1.39. The maximum Gasteiger partial charge on any atom is 0.329 e. The second-order valence-electron chi connectivity index (χ2n) is 6.00. The van der Waals surface area contributed by atoms with E-state index in [1.165, 1.54) is 6.92 Å². The maximum atomic E-state index is 12.2. The highest BCUT2D eigenvalue weighted by Crippen LogP contribution is 2.22. The smallest absolute Gasteiger partial charge is 0.329 e. The van der Waals surface area contributed by atoms with Crippen LogP contribution in [0.25, 0.3) is 0 Å². The topological polar surface area (TPSA) is 98.5 Å². The molecule has 126 valence electrons. The molecule has 1 rings (SSSR count). The van der Waals surface area contributed by atoms with Crippen LogP contribution in [-0.2, 0) is 19.1 Å². The fraction of sp³-hybridized carbons (Fsp3) is 0.800. The van der Waals surface area contributed by atoms with E-state index in [1.807, 2.05) is 13.8 Å². The third-order valence-electron chi connectivity index (χ3n) is 3.63. The van der Waals surface area contributed by atoms with Gasteiger partial charge in [-0.15, -0.1) is 0 Å². The molecule has 0 bridgehead atoms. The summed E-state index contributed by atoms with van der Waals surface area (Å²) < 4.78 is 5.41. The average molecular weight is 330 g/mol. The highest BCUT2D eigenvalue weighted by molar-refractivity contribution is 8.13. The average Bonchev–Trinajstić information content (AvgIpc) is 2.94. The molecule has 3 N–H and O–H groups in total. The number of carbonyl (C=O) groups is 3. The Morgan fingerprint density at radius 1 is 1.27 bits per heavy atom. The first-order chi connectivity index (χ1) is 10.3. The van der Waals surface area contributed by atoms with E-state index in [4.69, 9.17) is 10.5 Å². The molecular weight excluding hydrogens is 304 g/mol. The summed E-state index contributed by atoms with van der Waals surface area (Å²) in [6.45, 7) is 5.06. The minimum Gasteiger partial charge on any atom is -0.461 e. The normalized spacial score (nSPS) is 18.0. The summed E-state index contributed by atoms with van der Waals surface area (Å²) in [5.41, 5.74) is 5.78. The standard InChI is InChI=1S/C15H26N2O4S/c1-9(2)13(16)15(20)22-8-12(17-10(3)18)14(19)21-11-6-4-5-7-11/h9,11-13H,4-8,16H2,1-3H3,(H,17,18)/t12-,13-/m0/s1. The molecule has 0 aromatic carbocycles. The number of thioether (sulfide) groups is 1. The monoisotopic (exact) mass is 330 g/mol. The minimum atomic E-state index is -0.814. The lowest BCUT2D eigenvalue weighted by atomic mass is 10.1. The van der Waals surface area contributed by atoms with Gasteiger partial charge >= 0.3 is 5.97 Å². The fourth-order valence-electron chi connectivity index (χ4n) is 2.20. The third-order valence-corrected chi connectivity index (χ3v) is 4.69. The molecule has 1 aliphatic carbocycles. The molecule has 1 fully saturated rings. The zero-order valence-electron chi connectivity index (χ0n) is 13.5. The molecule has 0 saturated heterocycles. The summed E-state index contributed by atoms with van der Waals surface area (Å²) in [5.74, 6) is -0.621. The van der Waals surface area contributed by atoms with Crippen LogP contribution >= 0.6 is 11.8 Å². The molecule has 1 aliphatic rings. The quantitative estimate of drug-likeness (QED) is 0.681. The minimum absolute atomic E-state index is 0.0321. The Labute approximate surface area is 135 Å². The van der Waals surface area contributed by atoms with Gasteiger partial charge in [0.15, 0.2) is 0 Å². The van der Waals surface area contributed by atoms with Crippen LogP contribution in [0, 0.1) is 5.92 Å². The van der Waals surface area contributed by atoms with Crippen LogP contribution in [-0.4, -0.2) is 40.9 Å². The molecule has 6 nitrogen and oxygen atoms in total. The number of ether oxygens (including phenoxy) is 1. The highest BCUT2D eigenvalue weighted by Gasteiger charge is 2.28. The lowest BCUT2D eigenvalue weighted by Gasteiger charge is -2.20. The second kappa shape index (κ2) is 9.15. The van der Waals surface area contributed by atoms with E-state index in [9.17, 15) is 14.4 Å². The van der Waals surface area contributed by atoms with Crippen LogP contribution in [0.4, 0.5) is 0 Å². The molecule has 0 aromatic rings. The molecule has 0 spiro atoms. The first kappa shape index (κ1) is 19.0. The van der Waals surface area contributed by atoms with Crippen molar-refractivity contribution in [3.63, 3.8) is 0 Å². The number of carbonyl (C=O) groups excluding carboxylic acids is 3. The molecule has 0 unspecified atom stereocenters.